The van der Waals surface area contributed by atoms with Crippen LogP contribution in [-0.4, -0.2) is 18.1 Å². The summed E-state index contributed by atoms with van der Waals surface area (Å²) in [6.45, 7) is 0. The van der Waals surface area contributed by atoms with Gasteiger partial charge in [-0.15, -0.1) is 0 Å². The Hall–Kier alpha value is -0.950. The summed E-state index contributed by atoms with van der Waals surface area (Å²) >= 11 is 11.1. The molecule has 0 saturated heterocycles. The number of hydrogen-bond donors (Lipinski definition) is 0. The third-order valence-corrected chi connectivity index (χ3v) is 2.94. The SMILES string of the molecule is O=C(Cc1ccc(Cl)cc1Cl)C(C(F)(F)F)C(F)(F)F. The normalized spacial score (nSPS) is 12.8. The monoisotopic (exact) mass is 338 g/mol. The van der Waals surface area contributed by atoms with Crippen molar-refractivity contribution in [2.24, 2.45) is 5.92 Å². The van der Waals surface area contributed by atoms with Gasteiger partial charge in [0.1, 0.15) is 0 Å². The van der Waals surface area contributed by atoms with E-state index in [1.54, 1.807) is 0 Å². The molecule has 0 amide bonds. The van der Waals surface area contributed by atoms with Gasteiger partial charge in [-0.1, -0.05) is 29.3 Å². The lowest BCUT2D eigenvalue weighted by Crippen LogP contribution is -2.43. The Balaban J connectivity index is 3.04. The molecule has 0 N–H and O–H groups in total. The molecule has 0 aliphatic heterocycles. The van der Waals surface area contributed by atoms with Gasteiger partial charge in [0.25, 0.3) is 0 Å². The molecule has 0 atom stereocenters. The van der Waals surface area contributed by atoms with Gasteiger partial charge in [0.2, 0.25) is 5.92 Å². The molecule has 112 valence electrons. The van der Waals surface area contributed by atoms with E-state index in [1.165, 1.54) is 6.07 Å². The second-order valence-electron chi connectivity index (χ2n) is 3.90. The zero-order chi connectivity index (χ0) is 15.7. The van der Waals surface area contributed by atoms with Crippen LogP contribution in [-0.2, 0) is 11.2 Å². The Morgan fingerprint density at radius 3 is 1.95 bits per heavy atom. The second-order valence-corrected chi connectivity index (χ2v) is 4.74. The van der Waals surface area contributed by atoms with Crippen molar-refractivity contribution in [3.63, 3.8) is 0 Å². The molecule has 0 aliphatic carbocycles. The summed E-state index contributed by atoms with van der Waals surface area (Å²) in [5.41, 5.74) is -0.153. The molecule has 1 aromatic carbocycles. The van der Waals surface area contributed by atoms with E-state index < -0.39 is 30.5 Å². The van der Waals surface area contributed by atoms with Gasteiger partial charge in [-0.05, 0) is 17.7 Å². The van der Waals surface area contributed by atoms with E-state index in [0.717, 1.165) is 12.1 Å². The first kappa shape index (κ1) is 17.1. The van der Waals surface area contributed by atoms with Crippen LogP contribution in [0.3, 0.4) is 0 Å². The Bertz CT molecular complexity index is 495. The van der Waals surface area contributed by atoms with Gasteiger partial charge in [-0.25, -0.2) is 0 Å². The summed E-state index contributed by atoms with van der Waals surface area (Å²) in [6, 6.07) is 3.44. The van der Waals surface area contributed by atoms with Crippen molar-refractivity contribution in [3.8, 4) is 0 Å². The van der Waals surface area contributed by atoms with E-state index in [4.69, 9.17) is 23.2 Å². The van der Waals surface area contributed by atoms with Gasteiger partial charge in [0.15, 0.2) is 5.78 Å². The molecule has 0 radical (unpaired) electrons. The van der Waals surface area contributed by atoms with Crippen molar-refractivity contribution < 1.29 is 31.1 Å². The summed E-state index contributed by atoms with van der Waals surface area (Å²) in [6.07, 6.45) is -12.5. The Labute approximate surface area is 119 Å². The maximum absolute atomic E-state index is 12.3. The third-order valence-electron chi connectivity index (χ3n) is 2.36. The summed E-state index contributed by atoms with van der Waals surface area (Å²) in [5.74, 6) is -6.05. The van der Waals surface area contributed by atoms with Gasteiger partial charge >= 0.3 is 12.4 Å². The molecule has 1 aromatic rings. The first-order chi connectivity index (χ1) is 8.93. The van der Waals surface area contributed by atoms with Crippen LogP contribution in [0.2, 0.25) is 10.0 Å². The second kappa shape index (κ2) is 5.81. The highest BCUT2D eigenvalue weighted by molar-refractivity contribution is 6.35. The molecule has 0 aromatic heterocycles. The number of carbonyl (C=O) groups is 1. The van der Waals surface area contributed by atoms with Crippen LogP contribution in [0.15, 0.2) is 18.2 Å². The van der Waals surface area contributed by atoms with E-state index in [-0.39, 0.29) is 15.6 Å². The van der Waals surface area contributed by atoms with E-state index >= 15 is 0 Å². The number of ketones is 1. The zero-order valence-corrected chi connectivity index (χ0v) is 11.0. The van der Waals surface area contributed by atoms with Crippen LogP contribution in [0.5, 0.6) is 0 Å². The Morgan fingerprint density at radius 1 is 1.05 bits per heavy atom. The third kappa shape index (κ3) is 4.28. The fourth-order valence-electron chi connectivity index (χ4n) is 1.51. The van der Waals surface area contributed by atoms with Crippen LogP contribution in [0.25, 0.3) is 0 Å². The highest BCUT2D eigenvalue weighted by Crippen LogP contribution is 2.40. The molecule has 9 heteroatoms. The van der Waals surface area contributed by atoms with E-state index in [0.29, 0.717) is 0 Å². The molecule has 0 bridgehead atoms. The minimum atomic E-state index is -5.70. The fraction of sp³-hybridized carbons (Fsp3) is 0.364. The molecule has 0 fully saturated rings. The molecular weight excluding hydrogens is 333 g/mol. The molecule has 0 aliphatic rings. The van der Waals surface area contributed by atoms with E-state index in [1.807, 2.05) is 0 Å². The Kier molecular flexibility index (Phi) is 4.97. The first-order valence-electron chi connectivity index (χ1n) is 5.03. The molecule has 1 nitrogen and oxygen atoms in total. The number of Topliss-reactive ketones (excluding diaryl/α,β-unsaturated/α-hetero) is 1. The van der Waals surface area contributed by atoms with Gasteiger partial charge < -0.3 is 0 Å². The summed E-state index contributed by atoms with van der Waals surface area (Å²) in [7, 11) is 0. The molecular formula is C11H6Cl2F6O. The number of rotatable bonds is 3. The van der Waals surface area contributed by atoms with Crippen molar-refractivity contribution in [3.05, 3.63) is 33.8 Å². The maximum atomic E-state index is 12.3. The molecule has 1 rings (SSSR count). The molecule has 0 saturated carbocycles. The van der Waals surface area contributed by atoms with E-state index in [2.05, 4.69) is 0 Å². The minimum Gasteiger partial charge on any atom is -0.298 e. The van der Waals surface area contributed by atoms with Crippen molar-refractivity contribution in [2.45, 2.75) is 18.8 Å². The first-order valence-corrected chi connectivity index (χ1v) is 5.78. The highest BCUT2D eigenvalue weighted by Gasteiger charge is 2.60. The molecule has 0 heterocycles. The number of carbonyl (C=O) groups excluding carboxylic acids is 1. The summed E-state index contributed by atoms with van der Waals surface area (Å²) in [4.78, 5) is 11.3. The maximum Gasteiger partial charge on any atom is 0.407 e. The van der Waals surface area contributed by atoms with Crippen LogP contribution in [0, 0.1) is 5.92 Å². The van der Waals surface area contributed by atoms with Gasteiger partial charge in [-0.3, -0.25) is 4.79 Å². The van der Waals surface area contributed by atoms with Crippen molar-refractivity contribution in [1.82, 2.24) is 0 Å². The minimum absolute atomic E-state index is 0.148. The smallest absolute Gasteiger partial charge is 0.298 e. The van der Waals surface area contributed by atoms with Crippen LogP contribution >= 0.6 is 23.2 Å². The molecule has 0 spiro atoms. The summed E-state index contributed by atoms with van der Waals surface area (Å²) in [5, 5.41) is -0.0247. The lowest BCUT2D eigenvalue weighted by atomic mass is 9.96. The zero-order valence-electron chi connectivity index (χ0n) is 9.45. The Morgan fingerprint density at radius 2 is 1.55 bits per heavy atom. The van der Waals surface area contributed by atoms with Crippen LogP contribution in [0.1, 0.15) is 5.56 Å². The average molecular weight is 339 g/mol. The van der Waals surface area contributed by atoms with Gasteiger partial charge in [0.05, 0.1) is 0 Å². The fourth-order valence-corrected chi connectivity index (χ4v) is 1.98. The predicted molar refractivity (Wildman–Crippen MR) is 60.8 cm³/mol. The van der Waals surface area contributed by atoms with Gasteiger partial charge in [0, 0.05) is 16.5 Å². The average Bonchev–Trinajstić information content (AvgIpc) is 2.17. The topological polar surface area (TPSA) is 17.1 Å². The number of halogens is 8. The molecule has 0 unspecified atom stereocenters. The van der Waals surface area contributed by atoms with Crippen LogP contribution in [0.4, 0.5) is 26.3 Å². The summed E-state index contributed by atoms with van der Waals surface area (Å²) < 4.78 is 74.0. The lowest BCUT2D eigenvalue weighted by Gasteiger charge is -2.21. The lowest BCUT2D eigenvalue weighted by molar-refractivity contribution is -0.273. The van der Waals surface area contributed by atoms with Crippen molar-refractivity contribution >= 4 is 29.0 Å². The van der Waals surface area contributed by atoms with E-state index in [9.17, 15) is 31.1 Å². The standard InChI is InChI=1S/C11H6Cl2F6O/c12-6-2-1-5(7(13)4-6)3-8(20)9(10(14,15)16)11(17,18)19/h1-2,4,9H,3H2. The van der Waals surface area contributed by atoms with Crippen molar-refractivity contribution in [2.75, 3.05) is 0 Å². The predicted octanol–water partition coefficient (Wildman–Crippen LogP) is 4.85. The highest BCUT2D eigenvalue weighted by atomic mass is 35.5. The van der Waals surface area contributed by atoms with Crippen LogP contribution < -0.4 is 0 Å². The quantitative estimate of drug-likeness (QED) is 0.720. The number of alkyl halides is 6. The number of hydrogen-bond acceptors (Lipinski definition) is 1. The number of benzene rings is 1. The largest absolute Gasteiger partial charge is 0.407 e. The van der Waals surface area contributed by atoms with Gasteiger partial charge in [-0.2, -0.15) is 26.3 Å². The van der Waals surface area contributed by atoms with Crippen molar-refractivity contribution in [1.29, 1.82) is 0 Å². The molecule has 20 heavy (non-hydrogen) atoms.